The number of benzene rings is 1. The van der Waals surface area contributed by atoms with Gasteiger partial charge in [0.05, 0.1) is 13.7 Å². The molecule has 0 unspecified atom stereocenters. The maximum atomic E-state index is 9.32. The third-order valence-electron chi connectivity index (χ3n) is 1.90. The Morgan fingerprint density at radius 2 is 1.94 bits per heavy atom. The summed E-state index contributed by atoms with van der Waals surface area (Å²) < 4.78 is 12.1. The normalized spacial score (nSPS) is 11.4. The predicted molar refractivity (Wildman–Crippen MR) is 70.6 cm³/mol. The average molecular weight is 305 g/mol. The van der Waals surface area contributed by atoms with Crippen LogP contribution in [0.25, 0.3) is 0 Å². The number of rotatable bonds is 4. The van der Waals surface area contributed by atoms with Crippen molar-refractivity contribution in [3.8, 4) is 11.5 Å². The molecule has 0 bridgehead atoms. The molecule has 0 aliphatic heterocycles. The van der Waals surface area contributed by atoms with Crippen molar-refractivity contribution in [2.24, 2.45) is 0 Å². The van der Waals surface area contributed by atoms with Crippen molar-refractivity contribution in [1.29, 1.82) is 0 Å². The molecule has 0 aliphatic carbocycles. The number of ether oxygens (including phenoxy) is 1. The molecule has 1 rings (SSSR count). The molecule has 1 aromatic carbocycles. The standard InChI is InChI=1S/C11H17BrO3Si/c1-14-10-6-9(12)5-8(7-13)11(10)15-16(2,3)4/h5-6,13H,7H2,1-4H3. The Balaban J connectivity index is 3.22. The summed E-state index contributed by atoms with van der Waals surface area (Å²) in [6.45, 7) is 6.22. The highest BCUT2D eigenvalue weighted by Gasteiger charge is 2.21. The highest BCUT2D eigenvalue weighted by Crippen LogP contribution is 2.36. The first-order valence-corrected chi connectivity index (χ1v) is 9.24. The Morgan fingerprint density at radius 1 is 1.31 bits per heavy atom. The van der Waals surface area contributed by atoms with Crippen molar-refractivity contribution in [2.45, 2.75) is 26.2 Å². The van der Waals surface area contributed by atoms with E-state index in [0.29, 0.717) is 11.5 Å². The van der Waals surface area contributed by atoms with E-state index in [2.05, 4.69) is 35.6 Å². The van der Waals surface area contributed by atoms with Gasteiger partial charge in [0.2, 0.25) is 8.32 Å². The Hall–Kier alpha value is -0.523. The first kappa shape index (κ1) is 13.5. The van der Waals surface area contributed by atoms with Gasteiger partial charge in [-0.15, -0.1) is 0 Å². The molecule has 0 spiro atoms. The minimum Gasteiger partial charge on any atom is -0.542 e. The van der Waals surface area contributed by atoms with Gasteiger partial charge in [0, 0.05) is 10.0 Å². The fraction of sp³-hybridized carbons (Fsp3) is 0.455. The minimum absolute atomic E-state index is 0.0599. The van der Waals surface area contributed by atoms with E-state index < -0.39 is 8.32 Å². The van der Waals surface area contributed by atoms with Crippen LogP contribution in [-0.2, 0) is 6.61 Å². The van der Waals surface area contributed by atoms with Crippen LogP contribution in [0.15, 0.2) is 16.6 Å². The summed E-state index contributed by atoms with van der Waals surface area (Å²) in [5, 5.41) is 9.32. The molecule has 0 amide bonds. The van der Waals surface area contributed by atoms with E-state index in [0.717, 1.165) is 10.0 Å². The summed E-state index contributed by atoms with van der Waals surface area (Å²) in [7, 11) is -0.120. The molecule has 1 N–H and O–H groups in total. The van der Waals surface area contributed by atoms with Gasteiger partial charge in [0.25, 0.3) is 0 Å². The van der Waals surface area contributed by atoms with Gasteiger partial charge in [-0.1, -0.05) is 15.9 Å². The monoisotopic (exact) mass is 304 g/mol. The SMILES string of the molecule is COc1cc(Br)cc(CO)c1O[Si](C)(C)C. The second kappa shape index (κ2) is 5.20. The molecule has 0 aromatic heterocycles. The molecule has 0 fully saturated rings. The lowest BCUT2D eigenvalue weighted by Gasteiger charge is -2.23. The van der Waals surface area contributed by atoms with Gasteiger partial charge in [0.15, 0.2) is 11.5 Å². The van der Waals surface area contributed by atoms with Crippen LogP contribution >= 0.6 is 15.9 Å². The number of hydrogen-bond donors (Lipinski definition) is 1. The van der Waals surface area contributed by atoms with Crippen molar-refractivity contribution in [1.82, 2.24) is 0 Å². The molecular formula is C11H17BrO3Si. The number of methoxy groups -OCH3 is 1. The second-order valence-corrected chi connectivity index (χ2v) is 9.81. The largest absolute Gasteiger partial charge is 0.542 e. The van der Waals surface area contributed by atoms with Gasteiger partial charge < -0.3 is 14.3 Å². The highest BCUT2D eigenvalue weighted by atomic mass is 79.9. The van der Waals surface area contributed by atoms with Crippen molar-refractivity contribution < 1.29 is 14.3 Å². The lowest BCUT2D eigenvalue weighted by molar-refractivity contribution is 0.276. The molecule has 1 aromatic rings. The molecule has 0 atom stereocenters. The van der Waals surface area contributed by atoms with Gasteiger partial charge in [-0.2, -0.15) is 0 Å². The van der Waals surface area contributed by atoms with E-state index in [1.807, 2.05) is 12.1 Å². The van der Waals surface area contributed by atoms with Crippen LogP contribution in [0.3, 0.4) is 0 Å². The van der Waals surface area contributed by atoms with Crippen LogP contribution in [-0.4, -0.2) is 20.5 Å². The zero-order valence-electron chi connectivity index (χ0n) is 10.0. The molecular weight excluding hydrogens is 288 g/mol. The Kier molecular flexibility index (Phi) is 4.40. The van der Waals surface area contributed by atoms with Gasteiger partial charge in [-0.25, -0.2) is 0 Å². The molecule has 5 heteroatoms. The summed E-state index contributed by atoms with van der Waals surface area (Å²) in [6.07, 6.45) is 0. The van der Waals surface area contributed by atoms with Gasteiger partial charge in [-0.05, 0) is 31.8 Å². The van der Waals surface area contributed by atoms with E-state index in [4.69, 9.17) is 9.16 Å². The molecule has 3 nitrogen and oxygen atoms in total. The van der Waals surface area contributed by atoms with E-state index in [-0.39, 0.29) is 6.61 Å². The smallest absolute Gasteiger partial charge is 0.242 e. The summed E-state index contributed by atoms with van der Waals surface area (Å²) in [5.41, 5.74) is 0.744. The fourth-order valence-electron chi connectivity index (χ4n) is 1.31. The third kappa shape index (κ3) is 3.50. The van der Waals surface area contributed by atoms with E-state index in [1.165, 1.54) is 0 Å². The summed E-state index contributed by atoms with van der Waals surface area (Å²) in [6, 6.07) is 3.69. The van der Waals surface area contributed by atoms with E-state index in [1.54, 1.807) is 7.11 Å². The first-order chi connectivity index (χ1) is 7.37. The molecule has 16 heavy (non-hydrogen) atoms. The maximum absolute atomic E-state index is 9.32. The van der Waals surface area contributed by atoms with Crippen molar-refractivity contribution in [2.75, 3.05) is 7.11 Å². The molecule has 0 saturated heterocycles. The number of halogens is 1. The lowest BCUT2D eigenvalue weighted by Crippen LogP contribution is -2.30. The number of aliphatic hydroxyl groups is 1. The topological polar surface area (TPSA) is 38.7 Å². The minimum atomic E-state index is -1.72. The quantitative estimate of drug-likeness (QED) is 0.869. The molecule has 0 heterocycles. The molecule has 0 aliphatic rings. The zero-order chi connectivity index (χ0) is 12.3. The maximum Gasteiger partial charge on any atom is 0.242 e. The fourth-order valence-corrected chi connectivity index (χ4v) is 2.64. The van der Waals surface area contributed by atoms with Crippen LogP contribution in [0.5, 0.6) is 11.5 Å². The van der Waals surface area contributed by atoms with Crippen LogP contribution in [0.1, 0.15) is 5.56 Å². The zero-order valence-corrected chi connectivity index (χ0v) is 12.6. The predicted octanol–water partition coefficient (Wildman–Crippen LogP) is 3.16. The third-order valence-corrected chi connectivity index (χ3v) is 3.17. The lowest BCUT2D eigenvalue weighted by atomic mass is 10.2. The molecule has 0 radical (unpaired) electrons. The van der Waals surface area contributed by atoms with Gasteiger partial charge in [-0.3, -0.25) is 0 Å². The summed E-state index contributed by atoms with van der Waals surface area (Å²) in [5.74, 6) is 1.31. The van der Waals surface area contributed by atoms with Gasteiger partial charge in [0.1, 0.15) is 0 Å². The molecule has 0 saturated carbocycles. The summed E-state index contributed by atoms with van der Waals surface area (Å²) >= 11 is 3.37. The van der Waals surface area contributed by atoms with E-state index in [9.17, 15) is 5.11 Å². The average Bonchev–Trinajstić information content (AvgIpc) is 2.18. The molecule has 90 valence electrons. The number of hydrogen-bond acceptors (Lipinski definition) is 3. The first-order valence-electron chi connectivity index (χ1n) is 5.03. The van der Waals surface area contributed by atoms with Crippen molar-refractivity contribution in [3.63, 3.8) is 0 Å². The van der Waals surface area contributed by atoms with Crippen LogP contribution in [0.4, 0.5) is 0 Å². The summed E-state index contributed by atoms with van der Waals surface area (Å²) in [4.78, 5) is 0. The number of aliphatic hydroxyl groups excluding tert-OH is 1. The highest BCUT2D eigenvalue weighted by molar-refractivity contribution is 9.10. The Morgan fingerprint density at radius 3 is 2.38 bits per heavy atom. The second-order valence-electron chi connectivity index (χ2n) is 4.47. The van der Waals surface area contributed by atoms with E-state index >= 15 is 0 Å². The van der Waals surface area contributed by atoms with Gasteiger partial charge >= 0.3 is 0 Å². The van der Waals surface area contributed by atoms with Crippen LogP contribution < -0.4 is 9.16 Å². The van der Waals surface area contributed by atoms with Crippen LogP contribution in [0.2, 0.25) is 19.6 Å². The Bertz CT molecular complexity index is 349. The van der Waals surface area contributed by atoms with Crippen molar-refractivity contribution in [3.05, 3.63) is 22.2 Å². The Labute approximate surface area is 106 Å². The van der Waals surface area contributed by atoms with Crippen LogP contribution in [0, 0.1) is 0 Å². The van der Waals surface area contributed by atoms with Crippen molar-refractivity contribution >= 4 is 24.2 Å².